The van der Waals surface area contributed by atoms with Crippen molar-refractivity contribution in [2.45, 2.75) is 31.9 Å². The van der Waals surface area contributed by atoms with E-state index in [4.69, 9.17) is 5.41 Å². The number of rotatable bonds is 5. The lowest BCUT2D eigenvalue weighted by molar-refractivity contribution is -0.115. The van der Waals surface area contributed by atoms with Crippen LogP contribution in [0.25, 0.3) is 5.65 Å². The number of nitrogens with zero attached hydrogens (tertiary/aromatic N) is 3. The molecule has 2 N–H and O–H groups in total. The Morgan fingerprint density at radius 1 is 1.09 bits per heavy atom. The van der Waals surface area contributed by atoms with Gasteiger partial charge in [-0.25, -0.2) is 13.8 Å². The van der Waals surface area contributed by atoms with Gasteiger partial charge in [0, 0.05) is 42.2 Å². The van der Waals surface area contributed by atoms with Crippen LogP contribution in [-0.4, -0.2) is 51.7 Å². The minimum Gasteiger partial charge on any atom is -0.376 e. The highest BCUT2D eigenvalue weighted by molar-refractivity contribution is 6.14. The maximum Gasteiger partial charge on any atom is 0.405 e. The third kappa shape index (κ3) is 5.02. The average Bonchev–Trinajstić information content (AvgIpc) is 3.02. The molecule has 1 saturated heterocycles. The highest BCUT2D eigenvalue weighted by atomic mass is 19.4. The number of carbonyl (C=O) groups is 1. The second-order valence-electron chi connectivity index (χ2n) is 8.15. The summed E-state index contributed by atoms with van der Waals surface area (Å²) in [6.45, 7) is -0.244. The van der Waals surface area contributed by atoms with Crippen LogP contribution in [0.5, 0.6) is 0 Å². The summed E-state index contributed by atoms with van der Waals surface area (Å²) < 4.78 is 67.7. The van der Waals surface area contributed by atoms with E-state index in [2.05, 4.69) is 10.3 Å². The minimum atomic E-state index is -4.54. The first-order valence-electron chi connectivity index (χ1n) is 10.8. The van der Waals surface area contributed by atoms with E-state index in [1.807, 2.05) is 0 Å². The van der Waals surface area contributed by atoms with Gasteiger partial charge in [0.15, 0.2) is 11.5 Å². The van der Waals surface area contributed by atoms with Crippen LogP contribution < -0.4 is 5.32 Å². The van der Waals surface area contributed by atoms with Crippen molar-refractivity contribution in [3.8, 4) is 0 Å². The molecule has 0 atom stereocenters. The molecule has 1 aliphatic rings. The zero-order valence-corrected chi connectivity index (χ0v) is 18.1. The van der Waals surface area contributed by atoms with E-state index < -0.39 is 24.4 Å². The molecule has 1 aliphatic heterocycles. The number of fused-ring (bicyclic) bond motifs is 1. The fraction of sp³-hybridized carbons (Fsp3) is 0.348. The average molecular weight is 479 g/mol. The van der Waals surface area contributed by atoms with Gasteiger partial charge in [-0.2, -0.15) is 13.2 Å². The largest absolute Gasteiger partial charge is 0.405 e. The zero-order valence-electron chi connectivity index (χ0n) is 18.1. The summed E-state index contributed by atoms with van der Waals surface area (Å²) in [5.41, 5.74) is -0.416. The molecular weight excluding hydrogens is 457 g/mol. The van der Waals surface area contributed by atoms with Crippen molar-refractivity contribution >= 4 is 23.0 Å². The minimum absolute atomic E-state index is 0.0185. The molecule has 34 heavy (non-hydrogen) atoms. The smallest absolute Gasteiger partial charge is 0.376 e. The normalized spacial score (nSPS) is 14.8. The summed E-state index contributed by atoms with van der Waals surface area (Å²) in [4.78, 5) is 18.5. The number of likely N-dealkylation sites (tertiary alicyclic amines) is 1. The van der Waals surface area contributed by atoms with Crippen LogP contribution in [0.15, 0.2) is 36.7 Å². The molecule has 1 amide bonds. The summed E-state index contributed by atoms with van der Waals surface area (Å²) in [6, 6.07) is 4.74. The molecule has 1 fully saturated rings. The van der Waals surface area contributed by atoms with E-state index in [1.54, 1.807) is 4.90 Å². The lowest BCUT2D eigenvalue weighted by Gasteiger charge is -2.22. The highest BCUT2D eigenvalue weighted by Gasteiger charge is 2.28. The van der Waals surface area contributed by atoms with Gasteiger partial charge in [0.05, 0.1) is 17.6 Å². The van der Waals surface area contributed by atoms with Gasteiger partial charge in [0.1, 0.15) is 12.4 Å². The monoisotopic (exact) mass is 479 g/mol. The predicted octanol–water partition coefficient (Wildman–Crippen LogP) is 5.02. The summed E-state index contributed by atoms with van der Waals surface area (Å²) in [7, 11) is 0. The van der Waals surface area contributed by atoms with Crippen LogP contribution in [-0.2, 0) is 0 Å². The number of aromatic nitrogens is 2. The first kappa shape index (κ1) is 23.7. The Bertz CT molecular complexity index is 1230. The Morgan fingerprint density at radius 2 is 1.79 bits per heavy atom. The van der Waals surface area contributed by atoms with Gasteiger partial charge in [-0.05, 0) is 31.0 Å². The molecule has 3 aromatic rings. The van der Waals surface area contributed by atoms with E-state index in [1.165, 1.54) is 18.2 Å². The zero-order chi connectivity index (χ0) is 24.5. The van der Waals surface area contributed by atoms with Crippen molar-refractivity contribution in [1.82, 2.24) is 14.3 Å². The topological polar surface area (TPSA) is 73.5 Å². The summed E-state index contributed by atoms with van der Waals surface area (Å²) >= 11 is 0. The number of hydrogen-bond donors (Lipinski definition) is 2. The lowest BCUT2D eigenvalue weighted by Crippen LogP contribution is -2.32. The number of anilines is 1. The van der Waals surface area contributed by atoms with Crippen molar-refractivity contribution in [2.24, 2.45) is 0 Å². The van der Waals surface area contributed by atoms with E-state index >= 15 is 0 Å². The van der Waals surface area contributed by atoms with Gasteiger partial charge in [-0.1, -0.05) is 12.8 Å². The maximum atomic E-state index is 14.0. The first-order valence-corrected chi connectivity index (χ1v) is 10.8. The Kier molecular flexibility index (Phi) is 6.54. The number of hydrogen-bond acceptors (Lipinski definition) is 4. The van der Waals surface area contributed by atoms with Crippen LogP contribution >= 0.6 is 0 Å². The van der Waals surface area contributed by atoms with Gasteiger partial charge in [0.2, 0.25) is 0 Å². The number of benzene rings is 1. The second kappa shape index (κ2) is 9.40. The van der Waals surface area contributed by atoms with Gasteiger partial charge in [-0.15, -0.1) is 0 Å². The van der Waals surface area contributed by atoms with Gasteiger partial charge >= 0.3 is 6.18 Å². The number of nitrogens with one attached hydrogen (secondary N) is 2. The molecule has 0 bridgehead atoms. The third-order valence-electron chi connectivity index (χ3n) is 5.69. The Labute approximate surface area is 191 Å². The standard InChI is InChI=1S/C23H22F5N5O/c24-15-10-17(25)21-30-11-19(33(21)12-15)20(29)16-6-5-14(9-18(16)31-13-23(26,27)28)22(34)32-7-3-1-2-4-8-32/h5-6,9-12,29,31H,1-4,7-8,13H2. The van der Waals surface area contributed by atoms with Crippen LogP contribution in [0.2, 0.25) is 0 Å². The Morgan fingerprint density at radius 3 is 2.47 bits per heavy atom. The molecule has 2 aromatic heterocycles. The fourth-order valence-electron chi connectivity index (χ4n) is 4.03. The summed E-state index contributed by atoms with van der Waals surface area (Å²) in [6.07, 6.45) is 1.28. The Hall–Kier alpha value is -3.50. The van der Waals surface area contributed by atoms with Crippen molar-refractivity contribution < 1.29 is 26.7 Å². The molecule has 4 rings (SSSR count). The number of halogens is 5. The molecule has 6 nitrogen and oxygen atoms in total. The first-order chi connectivity index (χ1) is 16.1. The molecule has 0 aliphatic carbocycles. The van der Waals surface area contributed by atoms with Gasteiger partial charge < -0.3 is 10.2 Å². The molecule has 0 radical (unpaired) electrons. The maximum absolute atomic E-state index is 14.0. The molecule has 0 unspecified atom stereocenters. The molecule has 0 spiro atoms. The molecule has 1 aromatic carbocycles. The quantitative estimate of drug-likeness (QED) is 0.399. The number of pyridine rings is 1. The molecule has 3 heterocycles. The SMILES string of the molecule is N=C(c1ccc(C(=O)N2CCCCCC2)cc1NCC(F)(F)F)c1cnc2c(F)cc(F)cn12. The van der Waals surface area contributed by atoms with Gasteiger partial charge in [-0.3, -0.25) is 14.6 Å². The highest BCUT2D eigenvalue weighted by Crippen LogP contribution is 2.26. The molecule has 11 heteroatoms. The van der Waals surface area contributed by atoms with E-state index in [-0.39, 0.29) is 39.8 Å². The number of amides is 1. The second-order valence-corrected chi connectivity index (χ2v) is 8.15. The molecular formula is C23H22F5N5O. The van der Waals surface area contributed by atoms with E-state index in [0.717, 1.165) is 42.5 Å². The summed E-state index contributed by atoms with van der Waals surface area (Å²) in [5.74, 6) is -2.13. The van der Waals surface area contributed by atoms with E-state index in [0.29, 0.717) is 19.2 Å². The molecule has 0 saturated carbocycles. The predicted molar refractivity (Wildman–Crippen MR) is 116 cm³/mol. The van der Waals surface area contributed by atoms with Crippen LogP contribution in [0.4, 0.5) is 27.6 Å². The van der Waals surface area contributed by atoms with Crippen molar-refractivity contribution in [2.75, 3.05) is 25.0 Å². The van der Waals surface area contributed by atoms with Crippen molar-refractivity contribution in [1.29, 1.82) is 5.41 Å². The van der Waals surface area contributed by atoms with Crippen molar-refractivity contribution in [3.63, 3.8) is 0 Å². The van der Waals surface area contributed by atoms with E-state index in [9.17, 15) is 26.7 Å². The Balaban J connectivity index is 1.72. The lowest BCUT2D eigenvalue weighted by atomic mass is 10.0. The van der Waals surface area contributed by atoms with Gasteiger partial charge in [0.25, 0.3) is 5.91 Å². The van der Waals surface area contributed by atoms with Crippen LogP contribution in [0.1, 0.15) is 47.3 Å². The van der Waals surface area contributed by atoms with Crippen molar-refractivity contribution in [3.05, 3.63) is 65.1 Å². The van der Waals surface area contributed by atoms with Crippen LogP contribution in [0, 0.1) is 17.0 Å². The number of alkyl halides is 3. The molecule has 180 valence electrons. The van der Waals surface area contributed by atoms with Crippen LogP contribution in [0.3, 0.4) is 0 Å². The summed E-state index contributed by atoms with van der Waals surface area (Å²) in [5, 5.41) is 10.8. The number of imidazole rings is 1. The fourth-order valence-corrected chi connectivity index (χ4v) is 4.03. The number of carbonyl (C=O) groups excluding carboxylic acids is 1. The third-order valence-corrected chi connectivity index (χ3v) is 5.69.